The number of ether oxygens (including phenoxy) is 4. The van der Waals surface area contributed by atoms with E-state index in [1.54, 1.807) is 28.4 Å². The normalized spacial score (nSPS) is 19.0. The van der Waals surface area contributed by atoms with Crippen molar-refractivity contribution < 1.29 is 23.4 Å². The van der Waals surface area contributed by atoms with Gasteiger partial charge in [0.2, 0.25) is 0 Å². The van der Waals surface area contributed by atoms with Crippen LogP contribution >= 0.6 is 0 Å². The molecule has 0 radical (unpaired) electrons. The van der Waals surface area contributed by atoms with Crippen molar-refractivity contribution in [3.05, 3.63) is 34.9 Å². The summed E-state index contributed by atoms with van der Waals surface area (Å²) < 4.78 is 23.9. The Morgan fingerprint density at radius 1 is 0.815 bits per heavy atom. The molecule has 0 saturated heterocycles. The van der Waals surface area contributed by atoms with E-state index in [-0.39, 0.29) is 0 Å². The summed E-state index contributed by atoms with van der Waals surface area (Å²) in [6.45, 7) is 1.11. The Labute approximate surface area is 161 Å². The number of rotatable bonds is 4. The van der Waals surface area contributed by atoms with Crippen molar-refractivity contribution in [2.75, 3.05) is 49.1 Å². The minimum absolute atomic E-state index is 0.383. The van der Waals surface area contributed by atoms with Gasteiger partial charge in [-0.15, -0.1) is 0 Å². The lowest BCUT2D eigenvalue weighted by Crippen LogP contribution is -2.49. The summed E-state index contributed by atoms with van der Waals surface area (Å²) in [5, 5.41) is 0. The van der Waals surface area contributed by atoms with Crippen LogP contribution in [0.2, 0.25) is 0 Å². The number of methoxy groups -OCH3 is 4. The van der Waals surface area contributed by atoms with E-state index in [1.165, 1.54) is 16.7 Å². The Morgan fingerprint density at radius 3 is 2.11 bits per heavy atom. The molecule has 1 aliphatic heterocycles. The van der Waals surface area contributed by atoms with Crippen molar-refractivity contribution in [2.45, 2.75) is 18.9 Å². The average Bonchev–Trinajstić information content (AvgIpc) is 2.68. The molecule has 0 amide bonds. The number of fused-ring (bicyclic) bond motifs is 2. The molecule has 1 aliphatic carbocycles. The van der Waals surface area contributed by atoms with Crippen molar-refractivity contribution in [1.29, 1.82) is 0 Å². The predicted octanol–water partition coefficient (Wildman–Crippen LogP) is 3.62. The van der Waals surface area contributed by atoms with Crippen LogP contribution in [0, 0.1) is 0 Å². The Kier molecular flexibility index (Phi) is 4.22. The van der Waals surface area contributed by atoms with E-state index in [0.717, 1.165) is 58.0 Å². The molecule has 0 saturated carbocycles. The fourth-order valence-electron chi connectivity index (χ4n) is 4.78. The largest absolute Gasteiger partial charge is 0.493 e. The first-order valence-corrected chi connectivity index (χ1v) is 9.31. The second kappa shape index (κ2) is 6.34. The van der Waals surface area contributed by atoms with Crippen LogP contribution < -0.4 is 18.9 Å². The highest BCUT2D eigenvalue weighted by Crippen LogP contribution is 2.57. The molecule has 5 nitrogen and oxygen atoms in total. The third-order valence-corrected chi connectivity index (χ3v) is 6.23. The molecule has 2 aromatic carbocycles. The summed E-state index contributed by atoms with van der Waals surface area (Å²) >= 11 is 0. The third-order valence-electron chi connectivity index (χ3n) is 6.23. The maximum absolute atomic E-state index is 5.88. The van der Waals surface area contributed by atoms with Crippen LogP contribution in [0.25, 0.3) is 11.1 Å². The van der Waals surface area contributed by atoms with E-state index in [2.05, 4.69) is 26.2 Å². The van der Waals surface area contributed by atoms with Crippen molar-refractivity contribution in [3.63, 3.8) is 0 Å². The lowest BCUT2D eigenvalue weighted by molar-refractivity contribution is -0.923. The fraction of sp³-hybridized carbons (Fsp3) is 0.455. The van der Waals surface area contributed by atoms with Crippen molar-refractivity contribution >= 4 is 0 Å². The van der Waals surface area contributed by atoms with Crippen LogP contribution in [0.5, 0.6) is 23.0 Å². The second-order valence-corrected chi connectivity index (χ2v) is 7.87. The molecule has 4 rings (SSSR count). The molecular weight excluding hydrogens is 342 g/mol. The SMILES string of the molecule is COc1ccc2c(c1OC)-c1c(OC)c(OC)cc3c1[C@H](C2)[N+](C)(C)CC3. The monoisotopic (exact) mass is 370 g/mol. The molecule has 5 heteroatoms. The van der Waals surface area contributed by atoms with E-state index >= 15 is 0 Å². The van der Waals surface area contributed by atoms with Gasteiger partial charge in [-0.05, 0) is 23.3 Å². The van der Waals surface area contributed by atoms with Gasteiger partial charge in [-0.3, -0.25) is 0 Å². The fourth-order valence-corrected chi connectivity index (χ4v) is 4.78. The number of hydrogen-bond donors (Lipinski definition) is 0. The zero-order chi connectivity index (χ0) is 19.3. The van der Waals surface area contributed by atoms with Crippen molar-refractivity contribution in [1.82, 2.24) is 0 Å². The zero-order valence-electron chi connectivity index (χ0n) is 17.0. The summed E-state index contributed by atoms with van der Waals surface area (Å²) in [4.78, 5) is 0. The van der Waals surface area contributed by atoms with Crippen LogP contribution in [-0.2, 0) is 12.8 Å². The van der Waals surface area contributed by atoms with E-state index in [1.807, 2.05) is 6.07 Å². The number of quaternary nitrogens is 1. The topological polar surface area (TPSA) is 36.9 Å². The van der Waals surface area contributed by atoms with Gasteiger partial charge in [0.05, 0.1) is 49.1 Å². The molecule has 0 fully saturated rings. The summed E-state index contributed by atoms with van der Waals surface area (Å²) in [6, 6.07) is 6.70. The molecule has 27 heavy (non-hydrogen) atoms. The van der Waals surface area contributed by atoms with Crippen LogP contribution in [0.4, 0.5) is 0 Å². The van der Waals surface area contributed by atoms with Crippen molar-refractivity contribution in [3.8, 4) is 34.1 Å². The van der Waals surface area contributed by atoms with Gasteiger partial charge in [0.15, 0.2) is 23.0 Å². The van der Waals surface area contributed by atoms with Gasteiger partial charge < -0.3 is 23.4 Å². The standard InChI is InChI=1S/C22H28NO4/c1-23(2)10-9-14-12-17(25-4)22(27-6)20-18(14)15(23)11-13-7-8-16(24-3)21(26-5)19(13)20/h7-8,12,15H,9-11H2,1-6H3/q+1/t15-/m0/s1. The Balaban J connectivity index is 2.14. The summed E-state index contributed by atoms with van der Waals surface area (Å²) in [5.41, 5.74) is 6.14. The average molecular weight is 370 g/mol. The van der Waals surface area contributed by atoms with E-state index in [0.29, 0.717) is 6.04 Å². The molecule has 1 atom stereocenters. The smallest absolute Gasteiger partial charge is 0.169 e. The molecule has 0 unspecified atom stereocenters. The number of benzene rings is 2. The van der Waals surface area contributed by atoms with Crippen LogP contribution in [0.3, 0.4) is 0 Å². The van der Waals surface area contributed by atoms with Gasteiger partial charge in [-0.25, -0.2) is 0 Å². The van der Waals surface area contributed by atoms with Crippen LogP contribution in [0.15, 0.2) is 18.2 Å². The number of hydrogen-bond acceptors (Lipinski definition) is 4. The Bertz CT molecular complexity index is 904. The first-order valence-electron chi connectivity index (χ1n) is 9.31. The van der Waals surface area contributed by atoms with E-state index in [9.17, 15) is 0 Å². The summed E-state index contributed by atoms with van der Waals surface area (Å²) in [5.74, 6) is 3.04. The van der Waals surface area contributed by atoms with E-state index < -0.39 is 0 Å². The lowest BCUT2D eigenvalue weighted by Gasteiger charge is -2.46. The number of nitrogens with zero attached hydrogens (tertiary/aromatic N) is 1. The Hall–Kier alpha value is -2.40. The molecule has 144 valence electrons. The quantitative estimate of drug-likeness (QED) is 0.771. The van der Waals surface area contributed by atoms with Crippen LogP contribution in [0.1, 0.15) is 22.7 Å². The van der Waals surface area contributed by atoms with Gasteiger partial charge in [0.1, 0.15) is 6.04 Å². The molecule has 2 aliphatic rings. The van der Waals surface area contributed by atoms with Gasteiger partial charge >= 0.3 is 0 Å². The highest BCUT2D eigenvalue weighted by Gasteiger charge is 2.44. The van der Waals surface area contributed by atoms with Gasteiger partial charge in [-0.1, -0.05) is 6.07 Å². The zero-order valence-corrected chi connectivity index (χ0v) is 17.0. The minimum atomic E-state index is 0.383. The molecule has 2 aromatic rings. The second-order valence-electron chi connectivity index (χ2n) is 7.87. The summed E-state index contributed by atoms with van der Waals surface area (Å²) in [7, 11) is 11.4. The third kappa shape index (κ3) is 2.48. The maximum atomic E-state index is 5.88. The lowest BCUT2D eigenvalue weighted by atomic mass is 9.75. The molecule has 0 N–H and O–H groups in total. The first-order chi connectivity index (χ1) is 13.0. The minimum Gasteiger partial charge on any atom is -0.493 e. The molecule has 1 heterocycles. The molecule has 0 spiro atoms. The maximum Gasteiger partial charge on any atom is 0.169 e. The van der Waals surface area contributed by atoms with Gasteiger partial charge in [-0.2, -0.15) is 0 Å². The Morgan fingerprint density at radius 2 is 1.48 bits per heavy atom. The molecule has 0 aromatic heterocycles. The highest BCUT2D eigenvalue weighted by molar-refractivity contribution is 5.88. The van der Waals surface area contributed by atoms with Gasteiger partial charge in [0.25, 0.3) is 0 Å². The number of likely N-dealkylation sites (N-methyl/N-ethyl adjacent to an activating group) is 1. The molecular formula is C22H28NO4+. The summed E-state index contributed by atoms with van der Waals surface area (Å²) in [6.07, 6.45) is 1.99. The molecule has 0 bridgehead atoms. The first kappa shape index (κ1) is 18.0. The predicted molar refractivity (Wildman–Crippen MR) is 105 cm³/mol. The van der Waals surface area contributed by atoms with E-state index in [4.69, 9.17) is 18.9 Å². The van der Waals surface area contributed by atoms with Gasteiger partial charge in [0, 0.05) is 29.5 Å². The van der Waals surface area contributed by atoms with Crippen LogP contribution in [-0.4, -0.2) is 53.6 Å². The highest BCUT2D eigenvalue weighted by atomic mass is 16.5. The van der Waals surface area contributed by atoms with Crippen molar-refractivity contribution in [2.24, 2.45) is 0 Å².